The highest BCUT2D eigenvalue weighted by Crippen LogP contribution is 2.28. The summed E-state index contributed by atoms with van der Waals surface area (Å²) in [6, 6.07) is 8.51. The molecule has 1 aromatic rings. The minimum Gasteiger partial charge on any atom is -0.497 e. The van der Waals surface area contributed by atoms with Gasteiger partial charge in [-0.05, 0) is 49.4 Å². The molecule has 0 aliphatic carbocycles. The van der Waals surface area contributed by atoms with Crippen LogP contribution in [0.4, 0.5) is 0 Å². The zero-order chi connectivity index (χ0) is 15.2. The summed E-state index contributed by atoms with van der Waals surface area (Å²) in [6.07, 6.45) is 3.91. The lowest BCUT2D eigenvalue weighted by Crippen LogP contribution is -2.26. The summed E-state index contributed by atoms with van der Waals surface area (Å²) in [5.41, 5.74) is 1.42. The molecule has 2 aliphatic heterocycles. The van der Waals surface area contributed by atoms with Gasteiger partial charge in [0.2, 0.25) is 0 Å². The van der Waals surface area contributed by atoms with Gasteiger partial charge in [-0.25, -0.2) is 0 Å². The summed E-state index contributed by atoms with van der Waals surface area (Å²) >= 11 is 0. The predicted molar refractivity (Wildman–Crippen MR) is 86.6 cm³/mol. The number of hydrogen-bond donors (Lipinski definition) is 0. The number of hydrogen-bond acceptors (Lipinski definition) is 4. The van der Waals surface area contributed by atoms with Crippen molar-refractivity contribution >= 4 is 0 Å². The van der Waals surface area contributed by atoms with E-state index < -0.39 is 0 Å². The first kappa shape index (κ1) is 15.8. The van der Waals surface area contributed by atoms with Gasteiger partial charge in [-0.1, -0.05) is 12.1 Å². The van der Waals surface area contributed by atoms with E-state index in [9.17, 15) is 0 Å². The van der Waals surface area contributed by atoms with Gasteiger partial charge < -0.3 is 19.1 Å². The van der Waals surface area contributed by atoms with E-state index in [0.29, 0.717) is 12.0 Å². The van der Waals surface area contributed by atoms with Gasteiger partial charge in [0.25, 0.3) is 0 Å². The van der Waals surface area contributed by atoms with Gasteiger partial charge >= 0.3 is 0 Å². The normalized spacial score (nSPS) is 25.7. The Bertz CT molecular complexity index is 442. The number of rotatable bonds is 7. The molecule has 0 aromatic heterocycles. The standard InChI is InChI=1S/C18H27NO3/c1-20-17-6-4-15(5-7-17)16-8-9-19(13-16)10-12-21-14-18-3-2-11-22-18/h4-7,16,18H,2-3,8-14H2,1H3/t16-,18-/m1/s1. The molecule has 4 heteroatoms. The Morgan fingerprint density at radius 3 is 2.82 bits per heavy atom. The van der Waals surface area contributed by atoms with Crippen molar-refractivity contribution in [1.82, 2.24) is 4.90 Å². The highest BCUT2D eigenvalue weighted by molar-refractivity contribution is 5.30. The summed E-state index contributed by atoms with van der Waals surface area (Å²) in [7, 11) is 1.71. The third-order valence-corrected chi connectivity index (χ3v) is 4.74. The molecular formula is C18H27NO3. The first-order chi connectivity index (χ1) is 10.8. The van der Waals surface area contributed by atoms with Crippen LogP contribution in [-0.4, -0.2) is 57.6 Å². The second-order valence-corrected chi connectivity index (χ2v) is 6.27. The van der Waals surface area contributed by atoms with E-state index in [2.05, 4.69) is 29.2 Å². The molecule has 3 rings (SSSR count). The van der Waals surface area contributed by atoms with Gasteiger partial charge in [0.05, 0.1) is 26.4 Å². The maximum Gasteiger partial charge on any atom is 0.118 e. The Labute approximate surface area is 133 Å². The molecule has 0 N–H and O–H groups in total. The third-order valence-electron chi connectivity index (χ3n) is 4.74. The Balaban J connectivity index is 1.36. The van der Waals surface area contributed by atoms with E-state index in [1.165, 1.54) is 24.9 Å². The topological polar surface area (TPSA) is 30.9 Å². The Morgan fingerprint density at radius 1 is 1.23 bits per heavy atom. The van der Waals surface area contributed by atoms with E-state index in [1.54, 1.807) is 7.11 Å². The highest BCUT2D eigenvalue weighted by Gasteiger charge is 2.23. The number of methoxy groups -OCH3 is 1. The molecule has 122 valence electrons. The van der Waals surface area contributed by atoms with Crippen LogP contribution >= 0.6 is 0 Å². The fourth-order valence-corrected chi connectivity index (χ4v) is 3.37. The van der Waals surface area contributed by atoms with E-state index in [-0.39, 0.29) is 0 Å². The third kappa shape index (κ3) is 4.22. The van der Waals surface area contributed by atoms with Crippen LogP contribution in [0.2, 0.25) is 0 Å². The van der Waals surface area contributed by atoms with E-state index >= 15 is 0 Å². The van der Waals surface area contributed by atoms with Crippen LogP contribution in [0.3, 0.4) is 0 Å². The van der Waals surface area contributed by atoms with E-state index in [1.807, 2.05) is 0 Å². The molecule has 0 spiro atoms. The average molecular weight is 305 g/mol. The maximum absolute atomic E-state index is 5.77. The second-order valence-electron chi connectivity index (χ2n) is 6.27. The summed E-state index contributed by atoms with van der Waals surface area (Å²) < 4.78 is 16.6. The molecule has 4 nitrogen and oxygen atoms in total. The van der Waals surface area contributed by atoms with Crippen LogP contribution in [0.15, 0.2) is 24.3 Å². The minimum absolute atomic E-state index is 0.339. The summed E-state index contributed by atoms with van der Waals surface area (Å²) in [5.74, 6) is 1.57. The minimum atomic E-state index is 0.339. The summed E-state index contributed by atoms with van der Waals surface area (Å²) in [4.78, 5) is 2.50. The lowest BCUT2D eigenvalue weighted by atomic mass is 9.98. The van der Waals surface area contributed by atoms with Gasteiger partial charge in [-0.15, -0.1) is 0 Å². The highest BCUT2D eigenvalue weighted by atomic mass is 16.5. The zero-order valence-corrected chi connectivity index (χ0v) is 13.5. The SMILES string of the molecule is COc1ccc([C@@H]2CCN(CCOC[C@H]3CCCO3)C2)cc1. The summed E-state index contributed by atoms with van der Waals surface area (Å²) in [5, 5.41) is 0. The number of nitrogens with zero attached hydrogens (tertiary/aromatic N) is 1. The average Bonchev–Trinajstić information content (AvgIpc) is 3.23. The fourth-order valence-electron chi connectivity index (χ4n) is 3.37. The molecule has 2 aliphatic rings. The fraction of sp³-hybridized carbons (Fsp3) is 0.667. The molecule has 0 saturated carbocycles. The molecule has 2 fully saturated rings. The van der Waals surface area contributed by atoms with Crippen molar-refractivity contribution in [3.63, 3.8) is 0 Å². The van der Waals surface area contributed by atoms with Gasteiger partial charge in [0, 0.05) is 19.7 Å². The predicted octanol–water partition coefficient (Wildman–Crippen LogP) is 2.68. The monoisotopic (exact) mass is 305 g/mol. The molecule has 1 aromatic carbocycles. The van der Waals surface area contributed by atoms with Gasteiger partial charge in [0.15, 0.2) is 0 Å². The van der Waals surface area contributed by atoms with Crippen LogP contribution in [0.25, 0.3) is 0 Å². The molecule has 2 heterocycles. The van der Waals surface area contributed by atoms with Gasteiger partial charge in [0.1, 0.15) is 5.75 Å². The molecule has 2 saturated heterocycles. The first-order valence-electron chi connectivity index (χ1n) is 8.41. The van der Waals surface area contributed by atoms with Crippen molar-refractivity contribution in [2.24, 2.45) is 0 Å². The molecule has 0 amide bonds. The van der Waals surface area contributed by atoms with Crippen molar-refractivity contribution in [3.05, 3.63) is 29.8 Å². The largest absolute Gasteiger partial charge is 0.497 e. The zero-order valence-electron chi connectivity index (χ0n) is 13.5. The van der Waals surface area contributed by atoms with Crippen LogP contribution in [0.1, 0.15) is 30.7 Å². The number of ether oxygens (including phenoxy) is 3. The molecule has 0 radical (unpaired) electrons. The molecule has 22 heavy (non-hydrogen) atoms. The smallest absolute Gasteiger partial charge is 0.118 e. The van der Waals surface area contributed by atoms with Crippen LogP contribution in [0, 0.1) is 0 Å². The van der Waals surface area contributed by atoms with Gasteiger partial charge in [-0.3, -0.25) is 0 Å². The maximum atomic E-state index is 5.77. The summed E-state index contributed by atoms with van der Waals surface area (Å²) in [6.45, 7) is 5.81. The second kappa shape index (κ2) is 7.95. The molecular weight excluding hydrogens is 278 g/mol. The first-order valence-corrected chi connectivity index (χ1v) is 8.41. The Morgan fingerprint density at radius 2 is 2.09 bits per heavy atom. The van der Waals surface area contributed by atoms with Gasteiger partial charge in [-0.2, -0.15) is 0 Å². The van der Waals surface area contributed by atoms with E-state index in [4.69, 9.17) is 14.2 Å². The van der Waals surface area contributed by atoms with Crippen molar-refractivity contribution in [2.75, 3.05) is 46.6 Å². The van der Waals surface area contributed by atoms with Crippen LogP contribution in [0.5, 0.6) is 5.75 Å². The Hall–Kier alpha value is -1.10. The van der Waals surface area contributed by atoms with E-state index in [0.717, 1.165) is 45.1 Å². The Kier molecular flexibility index (Phi) is 5.70. The molecule has 0 unspecified atom stereocenters. The quantitative estimate of drug-likeness (QED) is 0.725. The number of benzene rings is 1. The number of likely N-dealkylation sites (tertiary alicyclic amines) is 1. The van der Waals surface area contributed by atoms with Crippen molar-refractivity contribution in [1.29, 1.82) is 0 Å². The van der Waals surface area contributed by atoms with Crippen molar-refractivity contribution in [2.45, 2.75) is 31.3 Å². The molecule has 2 atom stereocenters. The van der Waals surface area contributed by atoms with Crippen molar-refractivity contribution in [3.8, 4) is 5.75 Å². The van der Waals surface area contributed by atoms with Crippen LogP contribution < -0.4 is 4.74 Å². The molecule has 0 bridgehead atoms. The van der Waals surface area contributed by atoms with Crippen molar-refractivity contribution < 1.29 is 14.2 Å². The van der Waals surface area contributed by atoms with Crippen LogP contribution in [-0.2, 0) is 9.47 Å². The lowest BCUT2D eigenvalue weighted by Gasteiger charge is -2.17. The lowest BCUT2D eigenvalue weighted by molar-refractivity contribution is 0.0119.